The molecule has 2 rings (SSSR count). The molecule has 2 aromatic rings. The van der Waals surface area contributed by atoms with Gasteiger partial charge in [0.1, 0.15) is 5.82 Å². The van der Waals surface area contributed by atoms with Gasteiger partial charge in [0.2, 0.25) is 5.60 Å². The summed E-state index contributed by atoms with van der Waals surface area (Å²) in [5, 5.41) is 10.4. The van der Waals surface area contributed by atoms with Gasteiger partial charge >= 0.3 is 6.18 Å². The lowest BCUT2D eigenvalue weighted by Gasteiger charge is -2.31. The second-order valence-corrected chi connectivity index (χ2v) is 5.53. The van der Waals surface area contributed by atoms with Crippen LogP contribution in [0, 0.1) is 5.82 Å². The first kappa shape index (κ1) is 18.0. The van der Waals surface area contributed by atoms with Crippen LogP contribution in [0.2, 0.25) is 0 Å². The number of nitrogens with zero attached hydrogens (tertiary/aromatic N) is 1. The minimum Gasteiger partial charge on any atom is -0.377 e. The fraction of sp³-hybridized carbons (Fsp3) is 0.222. The first-order valence-corrected chi connectivity index (χ1v) is 7.16. The first-order valence-electron chi connectivity index (χ1n) is 7.16. The lowest BCUT2D eigenvalue weighted by molar-refractivity contribution is -0.244. The largest absolute Gasteiger partial charge is 0.425 e. The van der Waals surface area contributed by atoms with E-state index in [-0.39, 0.29) is 16.8 Å². The van der Waals surface area contributed by atoms with Crippen molar-refractivity contribution in [3.63, 3.8) is 0 Å². The predicted molar refractivity (Wildman–Crippen MR) is 86.2 cm³/mol. The van der Waals surface area contributed by atoms with Gasteiger partial charge in [-0.15, -0.1) is 0 Å². The molecular weight excluding hydrogens is 322 g/mol. The van der Waals surface area contributed by atoms with Gasteiger partial charge < -0.3 is 10.0 Å². The Kier molecular flexibility index (Phi) is 4.99. The molecule has 0 amide bonds. The van der Waals surface area contributed by atoms with E-state index in [0.717, 1.165) is 12.1 Å². The number of aliphatic hydroxyl groups is 1. The van der Waals surface area contributed by atoms with Crippen LogP contribution in [0.25, 0.3) is 6.08 Å². The maximum Gasteiger partial charge on any atom is 0.425 e. The third-order valence-corrected chi connectivity index (χ3v) is 3.64. The molecule has 0 aliphatic heterocycles. The van der Waals surface area contributed by atoms with Gasteiger partial charge in [-0.25, -0.2) is 4.39 Å². The van der Waals surface area contributed by atoms with Crippen LogP contribution < -0.4 is 4.90 Å². The van der Waals surface area contributed by atoms with E-state index in [1.165, 1.54) is 41.3 Å². The lowest BCUT2D eigenvalue weighted by atomic mass is 9.90. The molecule has 0 aliphatic rings. The van der Waals surface area contributed by atoms with E-state index >= 15 is 0 Å². The standard InChI is InChI=1S/C18H17F4NO/c1-23(2)16-10-6-4-8-14(16)17(24,18(20,21)22)12-11-13-7-3-5-9-15(13)19/h3-12,24H,1-2H3. The molecule has 0 spiro atoms. The van der Waals surface area contributed by atoms with E-state index in [1.54, 1.807) is 20.2 Å². The highest BCUT2D eigenvalue weighted by Gasteiger charge is 2.54. The molecule has 6 heteroatoms. The number of benzene rings is 2. The average molecular weight is 339 g/mol. The topological polar surface area (TPSA) is 23.5 Å². The van der Waals surface area contributed by atoms with E-state index in [9.17, 15) is 22.7 Å². The van der Waals surface area contributed by atoms with Crippen LogP contribution in [0.3, 0.4) is 0 Å². The normalized spacial score (nSPS) is 14.6. The maximum atomic E-state index is 13.6. The Balaban J connectivity index is 2.59. The Bertz CT molecular complexity index is 740. The first-order chi connectivity index (χ1) is 11.2. The highest BCUT2D eigenvalue weighted by molar-refractivity contribution is 5.60. The number of rotatable bonds is 4. The van der Waals surface area contributed by atoms with Crippen LogP contribution in [0.15, 0.2) is 54.6 Å². The summed E-state index contributed by atoms with van der Waals surface area (Å²) in [5.74, 6) is -0.667. The summed E-state index contributed by atoms with van der Waals surface area (Å²) in [5.41, 5.74) is -3.39. The molecule has 0 saturated carbocycles. The zero-order valence-electron chi connectivity index (χ0n) is 13.2. The second-order valence-electron chi connectivity index (χ2n) is 5.53. The molecule has 0 aliphatic carbocycles. The second kappa shape index (κ2) is 6.65. The molecule has 0 fully saturated rings. The quantitative estimate of drug-likeness (QED) is 0.837. The molecule has 2 nitrogen and oxygen atoms in total. The fourth-order valence-corrected chi connectivity index (χ4v) is 2.34. The van der Waals surface area contributed by atoms with Crippen molar-refractivity contribution in [2.45, 2.75) is 11.8 Å². The molecule has 0 saturated heterocycles. The summed E-state index contributed by atoms with van der Waals surface area (Å²) < 4.78 is 54.5. The van der Waals surface area contributed by atoms with Crippen molar-refractivity contribution < 1.29 is 22.7 Å². The van der Waals surface area contributed by atoms with E-state index < -0.39 is 17.6 Å². The smallest absolute Gasteiger partial charge is 0.377 e. The van der Waals surface area contributed by atoms with Crippen molar-refractivity contribution in [1.29, 1.82) is 0 Å². The highest BCUT2D eigenvalue weighted by atomic mass is 19.4. The molecule has 1 atom stereocenters. The summed E-state index contributed by atoms with van der Waals surface area (Å²) in [6.45, 7) is 0. The molecule has 2 aromatic carbocycles. The van der Waals surface area contributed by atoms with Gasteiger partial charge in [-0.3, -0.25) is 0 Å². The molecule has 0 heterocycles. The molecule has 1 unspecified atom stereocenters. The number of hydrogen-bond acceptors (Lipinski definition) is 2. The summed E-state index contributed by atoms with van der Waals surface area (Å²) in [4.78, 5) is 1.48. The molecule has 0 aromatic heterocycles. The van der Waals surface area contributed by atoms with E-state index in [2.05, 4.69) is 0 Å². The summed E-state index contributed by atoms with van der Waals surface area (Å²) in [6, 6.07) is 11.1. The van der Waals surface area contributed by atoms with Crippen molar-refractivity contribution in [3.8, 4) is 0 Å². The number of hydrogen-bond donors (Lipinski definition) is 1. The zero-order chi connectivity index (χ0) is 18.0. The molecule has 24 heavy (non-hydrogen) atoms. The highest BCUT2D eigenvalue weighted by Crippen LogP contribution is 2.44. The van der Waals surface area contributed by atoms with Crippen LogP contribution in [0.4, 0.5) is 23.2 Å². The molecule has 128 valence electrons. The van der Waals surface area contributed by atoms with Crippen LogP contribution in [0.5, 0.6) is 0 Å². The van der Waals surface area contributed by atoms with Gasteiger partial charge in [-0.1, -0.05) is 42.5 Å². The van der Waals surface area contributed by atoms with Crippen molar-refractivity contribution in [2.24, 2.45) is 0 Å². The summed E-state index contributed by atoms with van der Waals surface area (Å²) in [6.07, 6.45) is -3.45. The summed E-state index contributed by atoms with van der Waals surface area (Å²) in [7, 11) is 3.16. The van der Waals surface area contributed by atoms with Gasteiger partial charge in [0, 0.05) is 30.9 Å². The van der Waals surface area contributed by atoms with Crippen molar-refractivity contribution in [2.75, 3.05) is 19.0 Å². The predicted octanol–water partition coefficient (Wildman–Crippen LogP) is 4.36. The molecule has 1 N–H and O–H groups in total. The Morgan fingerprint density at radius 2 is 1.54 bits per heavy atom. The number of alkyl halides is 3. The maximum absolute atomic E-state index is 13.6. The minimum absolute atomic E-state index is 0.0393. The zero-order valence-corrected chi connectivity index (χ0v) is 13.2. The lowest BCUT2D eigenvalue weighted by Crippen LogP contribution is -2.41. The molecule has 0 radical (unpaired) electrons. The van der Waals surface area contributed by atoms with Gasteiger partial charge in [0.25, 0.3) is 0 Å². The van der Waals surface area contributed by atoms with Crippen molar-refractivity contribution in [3.05, 3.63) is 71.6 Å². The Morgan fingerprint density at radius 3 is 2.12 bits per heavy atom. The fourth-order valence-electron chi connectivity index (χ4n) is 2.34. The van der Waals surface area contributed by atoms with Gasteiger partial charge in [0.15, 0.2) is 0 Å². The van der Waals surface area contributed by atoms with Crippen LogP contribution >= 0.6 is 0 Å². The number of para-hydroxylation sites is 1. The average Bonchev–Trinajstić information content (AvgIpc) is 2.52. The minimum atomic E-state index is -4.97. The SMILES string of the molecule is CN(C)c1ccccc1C(O)(C=Cc1ccccc1F)C(F)(F)F. The van der Waals surface area contributed by atoms with Crippen molar-refractivity contribution >= 4 is 11.8 Å². The van der Waals surface area contributed by atoms with Crippen LogP contribution in [0.1, 0.15) is 11.1 Å². The van der Waals surface area contributed by atoms with Gasteiger partial charge in [0.05, 0.1) is 0 Å². The Morgan fingerprint density at radius 1 is 0.958 bits per heavy atom. The van der Waals surface area contributed by atoms with Crippen LogP contribution in [-0.2, 0) is 5.60 Å². The van der Waals surface area contributed by atoms with Crippen LogP contribution in [-0.4, -0.2) is 25.4 Å². The number of halogens is 4. The Labute approximate surface area is 137 Å². The van der Waals surface area contributed by atoms with Crippen molar-refractivity contribution in [1.82, 2.24) is 0 Å². The van der Waals surface area contributed by atoms with Gasteiger partial charge in [-0.2, -0.15) is 13.2 Å². The third kappa shape index (κ3) is 3.43. The molecule has 0 bridgehead atoms. The van der Waals surface area contributed by atoms with E-state index in [4.69, 9.17) is 0 Å². The van der Waals surface area contributed by atoms with E-state index in [0.29, 0.717) is 6.08 Å². The third-order valence-electron chi connectivity index (χ3n) is 3.64. The Hall–Kier alpha value is -2.34. The number of anilines is 1. The van der Waals surface area contributed by atoms with Gasteiger partial charge in [-0.05, 0) is 18.2 Å². The molecular formula is C18H17F4NO. The summed E-state index contributed by atoms with van der Waals surface area (Å²) >= 11 is 0. The van der Waals surface area contributed by atoms with E-state index in [1.807, 2.05) is 0 Å². The monoisotopic (exact) mass is 339 g/mol.